The van der Waals surface area contributed by atoms with E-state index in [1.165, 1.54) is 43.4 Å². The standard InChI is InChI=1S/C15H24ClNOS/c1-17(10-13-6-7-14(16)19-13)11-15(12-18)8-4-2-3-5-9-15/h6-7,18H,2-5,8-12H2,1H3. The predicted octanol–water partition coefficient (Wildman–Crippen LogP) is 4.17. The van der Waals surface area contributed by atoms with E-state index in [1.807, 2.05) is 6.07 Å². The van der Waals surface area contributed by atoms with Gasteiger partial charge in [-0.3, -0.25) is 0 Å². The lowest BCUT2D eigenvalue weighted by Crippen LogP contribution is -2.37. The zero-order valence-electron chi connectivity index (χ0n) is 11.7. The molecule has 1 saturated carbocycles. The number of aliphatic hydroxyl groups is 1. The lowest BCUT2D eigenvalue weighted by atomic mass is 9.80. The van der Waals surface area contributed by atoms with Crippen molar-refractivity contribution >= 4 is 22.9 Å². The Morgan fingerprint density at radius 2 is 1.95 bits per heavy atom. The normalized spacial score (nSPS) is 19.6. The minimum absolute atomic E-state index is 0.117. The first kappa shape index (κ1) is 15.3. The smallest absolute Gasteiger partial charge is 0.0931 e. The molecule has 0 aliphatic heterocycles. The van der Waals surface area contributed by atoms with Crippen LogP contribution in [0.15, 0.2) is 12.1 Å². The van der Waals surface area contributed by atoms with Gasteiger partial charge in [-0.25, -0.2) is 0 Å². The van der Waals surface area contributed by atoms with Crippen LogP contribution in [0.3, 0.4) is 0 Å². The molecule has 0 spiro atoms. The molecule has 0 aromatic carbocycles. The van der Waals surface area contributed by atoms with Crippen molar-refractivity contribution in [1.82, 2.24) is 4.90 Å². The Hall–Kier alpha value is -0.0900. The van der Waals surface area contributed by atoms with E-state index in [-0.39, 0.29) is 5.41 Å². The first-order chi connectivity index (χ1) is 9.13. The molecule has 1 aliphatic carbocycles. The van der Waals surface area contributed by atoms with Gasteiger partial charge < -0.3 is 10.0 Å². The second-order valence-corrected chi connectivity index (χ2v) is 7.75. The molecule has 19 heavy (non-hydrogen) atoms. The molecule has 1 heterocycles. The van der Waals surface area contributed by atoms with Crippen LogP contribution in [0.4, 0.5) is 0 Å². The third-order valence-electron chi connectivity index (χ3n) is 4.16. The minimum Gasteiger partial charge on any atom is -0.396 e. The molecule has 1 aromatic heterocycles. The van der Waals surface area contributed by atoms with E-state index in [2.05, 4.69) is 18.0 Å². The van der Waals surface area contributed by atoms with Gasteiger partial charge in [0.25, 0.3) is 0 Å². The molecular weight excluding hydrogens is 278 g/mol. The number of hydrogen-bond acceptors (Lipinski definition) is 3. The fourth-order valence-corrected chi connectivity index (χ4v) is 4.34. The molecule has 108 valence electrons. The summed E-state index contributed by atoms with van der Waals surface area (Å²) in [5, 5.41) is 9.84. The van der Waals surface area contributed by atoms with Crippen molar-refractivity contribution in [2.24, 2.45) is 5.41 Å². The maximum absolute atomic E-state index is 9.84. The maximum atomic E-state index is 9.84. The lowest BCUT2D eigenvalue weighted by Gasteiger charge is -2.34. The van der Waals surface area contributed by atoms with E-state index in [4.69, 9.17) is 11.6 Å². The molecule has 2 rings (SSSR count). The highest BCUT2D eigenvalue weighted by molar-refractivity contribution is 7.16. The van der Waals surface area contributed by atoms with Crippen molar-refractivity contribution in [3.05, 3.63) is 21.3 Å². The molecule has 0 radical (unpaired) electrons. The van der Waals surface area contributed by atoms with Gasteiger partial charge in [0, 0.05) is 30.0 Å². The first-order valence-electron chi connectivity index (χ1n) is 7.17. The first-order valence-corrected chi connectivity index (χ1v) is 8.37. The topological polar surface area (TPSA) is 23.5 Å². The van der Waals surface area contributed by atoms with Gasteiger partial charge in [0.15, 0.2) is 0 Å². The fourth-order valence-electron chi connectivity index (χ4n) is 3.18. The highest BCUT2D eigenvalue weighted by Gasteiger charge is 2.31. The molecule has 1 aliphatic rings. The molecule has 4 heteroatoms. The highest BCUT2D eigenvalue weighted by Crippen LogP contribution is 2.35. The molecular formula is C15H24ClNOS. The van der Waals surface area contributed by atoms with Gasteiger partial charge in [-0.05, 0) is 32.0 Å². The van der Waals surface area contributed by atoms with E-state index in [9.17, 15) is 5.11 Å². The number of nitrogens with zero attached hydrogens (tertiary/aromatic N) is 1. The van der Waals surface area contributed by atoms with Gasteiger partial charge in [0.05, 0.1) is 4.34 Å². The van der Waals surface area contributed by atoms with E-state index in [0.717, 1.165) is 17.4 Å². The number of hydrogen-bond donors (Lipinski definition) is 1. The zero-order chi connectivity index (χ0) is 13.7. The molecule has 0 atom stereocenters. The number of thiophene rings is 1. The summed E-state index contributed by atoms with van der Waals surface area (Å²) >= 11 is 7.62. The summed E-state index contributed by atoms with van der Waals surface area (Å²) in [6.45, 7) is 2.24. The van der Waals surface area contributed by atoms with Crippen LogP contribution in [0, 0.1) is 5.41 Å². The van der Waals surface area contributed by atoms with Gasteiger partial charge in [-0.2, -0.15) is 0 Å². The van der Waals surface area contributed by atoms with E-state index in [0.29, 0.717) is 6.61 Å². The Labute approximate surface area is 125 Å². The summed E-state index contributed by atoms with van der Waals surface area (Å²) in [6, 6.07) is 4.06. The highest BCUT2D eigenvalue weighted by atomic mass is 35.5. The average molecular weight is 302 g/mol. The molecule has 1 N–H and O–H groups in total. The quantitative estimate of drug-likeness (QED) is 0.825. The average Bonchev–Trinajstić information content (AvgIpc) is 2.65. The Morgan fingerprint density at radius 3 is 2.47 bits per heavy atom. The van der Waals surface area contributed by atoms with Crippen molar-refractivity contribution in [2.45, 2.75) is 45.1 Å². The predicted molar refractivity (Wildman–Crippen MR) is 82.9 cm³/mol. The number of aliphatic hydroxyl groups excluding tert-OH is 1. The van der Waals surface area contributed by atoms with Gasteiger partial charge in [0.1, 0.15) is 0 Å². The fraction of sp³-hybridized carbons (Fsp3) is 0.733. The molecule has 2 nitrogen and oxygen atoms in total. The summed E-state index contributed by atoms with van der Waals surface area (Å²) in [5.41, 5.74) is 0.117. The third kappa shape index (κ3) is 4.45. The van der Waals surface area contributed by atoms with E-state index < -0.39 is 0 Å². The van der Waals surface area contributed by atoms with Crippen LogP contribution < -0.4 is 0 Å². The minimum atomic E-state index is 0.117. The van der Waals surface area contributed by atoms with Crippen molar-refractivity contribution in [3.63, 3.8) is 0 Å². The third-order valence-corrected chi connectivity index (χ3v) is 5.38. The summed E-state index contributed by atoms with van der Waals surface area (Å²) < 4.78 is 0.856. The number of rotatable bonds is 5. The van der Waals surface area contributed by atoms with Crippen LogP contribution in [0.5, 0.6) is 0 Å². The number of halogens is 1. The molecule has 0 bridgehead atoms. The second-order valence-electron chi connectivity index (χ2n) is 5.95. The molecule has 0 unspecified atom stereocenters. The van der Waals surface area contributed by atoms with Crippen LogP contribution in [0.2, 0.25) is 4.34 Å². The van der Waals surface area contributed by atoms with Gasteiger partial charge in [-0.15, -0.1) is 11.3 Å². The maximum Gasteiger partial charge on any atom is 0.0931 e. The Bertz CT molecular complexity index is 385. The molecule has 0 saturated heterocycles. The summed E-state index contributed by atoms with van der Waals surface area (Å²) in [7, 11) is 2.15. The molecule has 1 aromatic rings. The van der Waals surface area contributed by atoms with E-state index >= 15 is 0 Å². The van der Waals surface area contributed by atoms with E-state index in [1.54, 1.807) is 11.3 Å². The lowest BCUT2D eigenvalue weighted by molar-refractivity contribution is 0.0666. The van der Waals surface area contributed by atoms with Crippen LogP contribution in [0.25, 0.3) is 0 Å². The molecule has 1 fully saturated rings. The SMILES string of the molecule is CN(Cc1ccc(Cl)s1)CC1(CO)CCCCCC1. The van der Waals surface area contributed by atoms with Gasteiger partial charge >= 0.3 is 0 Å². The van der Waals surface area contributed by atoms with Crippen molar-refractivity contribution in [1.29, 1.82) is 0 Å². The van der Waals surface area contributed by atoms with Crippen LogP contribution in [-0.4, -0.2) is 30.2 Å². The largest absolute Gasteiger partial charge is 0.396 e. The Kier molecular flexibility index (Phi) is 5.70. The van der Waals surface area contributed by atoms with Gasteiger partial charge in [0.2, 0.25) is 0 Å². The Morgan fingerprint density at radius 1 is 1.26 bits per heavy atom. The monoisotopic (exact) mass is 301 g/mol. The summed E-state index contributed by atoms with van der Waals surface area (Å²) in [5.74, 6) is 0. The molecule has 0 amide bonds. The van der Waals surface area contributed by atoms with Crippen LogP contribution >= 0.6 is 22.9 Å². The zero-order valence-corrected chi connectivity index (χ0v) is 13.3. The Balaban J connectivity index is 1.93. The van der Waals surface area contributed by atoms with Crippen molar-refractivity contribution in [3.8, 4) is 0 Å². The second kappa shape index (κ2) is 7.07. The van der Waals surface area contributed by atoms with Gasteiger partial charge in [-0.1, -0.05) is 37.3 Å². The summed E-state index contributed by atoms with van der Waals surface area (Å²) in [6.07, 6.45) is 7.51. The van der Waals surface area contributed by atoms with Crippen molar-refractivity contribution in [2.75, 3.05) is 20.2 Å². The van der Waals surface area contributed by atoms with Crippen LogP contribution in [0.1, 0.15) is 43.4 Å². The summed E-state index contributed by atoms with van der Waals surface area (Å²) in [4.78, 5) is 3.64. The van der Waals surface area contributed by atoms with Crippen LogP contribution in [-0.2, 0) is 6.54 Å². The van der Waals surface area contributed by atoms with Crippen molar-refractivity contribution < 1.29 is 5.11 Å².